The van der Waals surface area contributed by atoms with E-state index < -0.39 is 0 Å². The van der Waals surface area contributed by atoms with E-state index in [-0.39, 0.29) is 5.41 Å². The third-order valence-electron chi connectivity index (χ3n) is 6.77. The first kappa shape index (κ1) is 21.5. The smallest absolute Gasteiger partial charge is 0.160 e. The first-order chi connectivity index (χ1) is 17.0. The van der Waals surface area contributed by atoms with E-state index in [1.54, 1.807) is 11.8 Å². The van der Waals surface area contributed by atoms with E-state index in [9.17, 15) is 5.26 Å². The number of aryl methyl sites for hydroxylation is 1. The van der Waals surface area contributed by atoms with Crippen molar-refractivity contribution in [1.29, 1.82) is 5.26 Å². The Bertz CT molecular complexity index is 1680. The molecule has 0 amide bonds. The molecule has 35 heavy (non-hydrogen) atoms. The van der Waals surface area contributed by atoms with Gasteiger partial charge in [0, 0.05) is 32.4 Å². The monoisotopic (exact) mass is 470 g/mol. The zero-order chi connectivity index (χ0) is 24.2. The molecule has 168 valence electrons. The quantitative estimate of drug-likeness (QED) is 0.270. The van der Waals surface area contributed by atoms with Crippen LogP contribution in [-0.4, -0.2) is 15.0 Å². The minimum absolute atomic E-state index is 0.254. The minimum atomic E-state index is -0.254. The van der Waals surface area contributed by atoms with Crippen LogP contribution < -0.4 is 0 Å². The predicted molar refractivity (Wildman–Crippen MR) is 140 cm³/mol. The molecule has 3 heterocycles. The maximum atomic E-state index is 9.65. The van der Waals surface area contributed by atoms with Crippen LogP contribution in [0.2, 0.25) is 0 Å². The maximum absolute atomic E-state index is 9.65. The number of pyridine rings is 1. The fraction of sp³-hybridized carbons (Fsp3) is 0.133. The van der Waals surface area contributed by atoms with E-state index in [0.717, 1.165) is 48.8 Å². The SMILES string of the molecule is Cc1cccnc1-c1nc(-c2ccc3c(c2)C(C)(C)c2cccc(C#N)c2S3)nc2ccccc12. The highest BCUT2D eigenvalue weighted by atomic mass is 32.2. The normalized spacial score (nSPS) is 13.7. The summed E-state index contributed by atoms with van der Waals surface area (Å²) in [6.07, 6.45) is 1.81. The molecule has 0 spiro atoms. The lowest BCUT2D eigenvalue weighted by molar-refractivity contribution is 0.607. The third-order valence-corrected chi connectivity index (χ3v) is 7.99. The highest BCUT2D eigenvalue weighted by Crippen LogP contribution is 2.50. The Morgan fingerprint density at radius 3 is 2.54 bits per heavy atom. The van der Waals surface area contributed by atoms with Crippen molar-refractivity contribution in [1.82, 2.24) is 15.0 Å². The number of hydrogen-bond donors (Lipinski definition) is 0. The molecule has 0 N–H and O–H groups in total. The van der Waals surface area contributed by atoms with Gasteiger partial charge in [-0.3, -0.25) is 4.98 Å². The van der Waals surface area contributed by atoms with Crippen LogP contribution in [0.3, 0.4) is 0 Å². The van der Waals surface area contributed by atoms with E-state index in [0.29, 0.717) is 5.82 Å². The van der Waals surface area contributed by atoms with E-state index in [1.807, 2.05) is 42.6 Å². The number of hydrogen-bond acceptors (Lipinski definition) is 5. The lowest BCUT2D eigenvalue weighted by Crippen LogP contribution is -2.24. The Labute approximate surface area is 208 Å². The Balaban J connectivity index is 1.55. The van der Waals surface area contributed by atoms with Gasteiger partial charge in [-0.2, -0.15) is 5.26 Å². The number of aromatic nitrogens is 3. The van der Waals surface area contributed by atoms with Gasteiger partial charge in [-0.05, 0) is 53.9 Å². The van der Waals surface area contributed by atoms with E-state index in [2.05, 4.69) is 68.2 Å². The van der Waals surface area contributed by atoms with Crippen molar-refractivity contribution in [3.63, 3.8) is 0 Å². The molecule has 2 aromatic heterocycles. The van der Waals surface area contributed by atoms with Crippen molar-refractivity contribution in [2.75, 3.05) is 0 Å². The molecule has 3 aromatic carbocycles. The highest BCUT2D eigenvalue weighted by Gasteiger charge is 2.34. The molecule has 0 bridgehead atoms. The maximum Gasteiger partial charge on any atom is 0.160 e. The van der Waals surface area contributed by atoms with Crippen LogP contribution in [0.15, 0.2) is 88.8 Å². The van der Waals surface area contributed by atoms with Gasteiger partial charge >= 0.3 is 0 Å². The molecule has 0 aliphatic carbocycles. The van der Waals surface area contributed by atoms with Crippen LogP contribution >= 0.6 is 11.8 Å². The Morgan fingerprint density at radius 1 is 0.857 bits per heavy atom. The number of fused-ring (bicyclic) bond motifs is 3. The van der Waals surface area contributed by atoms with Crippen molar-refractivity contribution in [2.45, 2.75) is 36.0 Å². The van der Waals surface area contributed by atoms with Gasteiger partial charge in [0.05, 0.1) is 16.8 Å². The summed E-state index contributed by atoms with van der Waals surface area (Å²) in [4.78, 5) is 16.8. The number of para-hydroxylation sites is 1. The Hall–Kier alpha value is -4.01. The number of benzene rings is 3. The molecule has 0 saturated heterocycles. The van der Waals surface area contributed by atoms with E-state index in [4.69, 9.17) is 9.97 Å². The molecule has 0 saturated carbocycles. The fourth-order valence-electron chi connectivity index (χ4n) is 4.85. The molecule has 5 heteroatoms. The second kappa shape index (κ2) is 8.04. The largest absolute Gasteiger partial charge is 0.254 e. The van der Waals surface area contributed by atoms with Gasteiger partial charge < -0.3 is 0 Å². The number of nitrogens with zero attached hydrogens (tertiary/aromatic N) is 4. The van der Waals surface area contributed by atoms with Crippen LogP contribution in [0.1, 0.15) is 36.1 Å². The van der Waals surface area contributed by atoms with Crippen LogP contribution in [0.4, 0.5) is 0 Å². The standard InChI is InChI=1S/C30H22N4S/c1-18-8-7-15-32-26(18)27-21-10-4-5-12-24(21)33-29(34-27)19-13-14-25-23(16-19)30(2,3)22-11-6-9-20(17-31)28(22)35-25/h4-16H,1-3H3. The summed E-state index contributed by atoms with van der Waals surface area (Å²) >= 11 is 1.67. The molecule has 1 aliphatic rings. The minimum Gasteiger partial charge on any atom is -0.254 e. The van der Waals surface area contributed by atoms with E-state index >= 15 is 0 Å². The zero-order valence-electron chi connectivity index (χ0n) is 19.7. The lowest BCUT2D eigenvalue weighted by atomic mass is 9.76. The van der Waals surface area contributed by atoms with Gasteiger partial charge in [0.2, 0.25) is 0 Å². The van der Waals surface area contributed by atoms with Crippen molar-refractivity contribution >= 4 is 22.7 Å². The highest BCUT2D eigenvalue weighted by molar-refractivity contribution is 7.99. The lowest BCUT2D eigenvalue weighted by Gasteiger charge is -2.35. The van der Waals surface area contributed by atoms with Gasteiger partial charge in [-0.1, -0.05) is 68.1 Å². The van der Waals surface area contributed by atoms with Crippen molar-refractivity contribution in [3.05, 3.63) is 101 Å². The first-order valence-electron chi connectivity index (χ1n) is 11.5. The van der Waals surface area contributed by atoms with E-state index in [1.165, 1.54) is 11.1 Å². The second-order valence-electron chi connectivity index (χ2n) is 9.31. The van der Waals surface area contributed by atoms with Crippen LogP contribution in [0.25, 0.3) is 33.7 Å². The van der Waals surface area contributed by atoms with Gasteiger partial charge in [0.15, 0.2) is 5.82 Å². The summed E-state index contributed by atoms with van der Waals surface area (Å²) in [5.41, 5.74) is 7.53. The van der Waals surface area contributed by atoms with Gasteiger partial charge in [0.1, 0.15) is 11.8 Å². The molecule has 0 unspecified atom stereocenters. The molecular formula is C30H22N4S. The van der Waals surface area contributed by atoms with Crippen LogP contribution in [0, 0.1) is 18.3 Å². The van der Waals surface area contributed by atoms with Crippen LogP contribution in [-0.2, 0) is 5.41 Å². The predicted octanol–water partition coefficient (Wildman–Crippen LogP) is 7.33. The average Bonchev–Trinajstić information content (AvgIpc) is 2.88. The summed E-state index contributed by atoms with van der Waals surface area (Å²) in [5.74, 6) is 0.684. The summed E-state index contributed by atoms with van der Waals surface area (Å²) in [5, 5.41) is 10.6. The summed E-state index contributed by atoms with van der Waals surface area (Å²) in [6, 6.07) is 26.9. The summed E-state index contributed by atoms with van der Waals surface area (Å²) < 4.78 is 0. The zero-order valence-corrected chi connectivity index (χ0v) is 20.5. The second-order valence-corrected chi connectivity index (χ2v) is 10.4. The fourth-order valence-corrected chi connectivity index (χ4v) is 6.29. The van der Waals surface area contributed by atoms with Gasteiger partial charge in [0.25, 0.3) is 0 Å². The van der Waals surface area contributed by atoms with Crippen LogP contribution in [0.5, 0.6) is 0 Å². The molecule has 1 aliphatic heterocycles. The molecule has 6 rings (SSSR count). The van der Waals surface area contributed by atoms with Crippen molar-refractivity contribution in [3.8, 4) is 28.8 Å². The summed E-state index contributed by atoms with van der Waals surface area (Å²) in [7, 11) is 0. The Morgan fingerprint density at radius 2 is 1.71 bits per heavy atom. The van der Waals surface area contributed by atoms with Gasteiger partial charge in [-0.15, -0.1) is 0 Å². The topological polar surface area (TPSA) is 62.5 Å². The van der Waals surface area contributed by atoms with Crippen molar-refractivity contribution < 1.29 is 0 Å². The molecule has 0 fully saturated rings. The Kier molecular flexibility index (Phi) is 4.94. The molecular weight excluding hydrogens is 448 g/mol. The number of nitriles is 1. The molecule has 0 atom stereocenters. The molecule has 0 radical (unpaired) electrons. The molecule has 4 nitrogen and oxygen atoms in total. The molecule has 5 aromatic rings. The number of rotatable bonds is 2. The van der Waals surface area contributed by atoms with Gasteiger partial charge in [-0.25, -0.2) is 9.97 Å². The third kappa shape index (κ3) is 3.41. The summed E-state index contributed by atoms with van der Waals surface area (Å²) in [6.45, 7) is 6.50. The first-order valence-corrected chi connectivity index (χ1v) is 12.3. The average molecular weight is 471 g/mol. The van der Waals surface area contributed by atoms with Crippen molar-refractivity contribution in [2.24, 2.45) is 0 Å².